The fourth-order valence-electron chi connectivity index (χ4n) is 1.89. The van der Waals surface area contributed by atoms with Crippen molar-refractivity contribution in [2.45, 2.75) is 13.3 Å². The van der Waals surface area contributed by atoms with E-state index in [2.05, 4.69) is 0 Å². The molecule has 0 atom stereocenters. The number of carbonyl (C=O) groups excluding carboxylic acids is 1. The summed E-state index contributed by atoms with van der Waals surface area (Å²) >= 11 is 0. The summed E-state index contributed by atoms with van der Waals surface area (Å²) < 4.78 is 0. The average Bonchev–Trinajstić information content (AvgIpc) is 2.54. The number of carboxylic acids is 1. The zero-order valence-electron chi connectivity index (χ0n) is 9.73. The molecule has 2 rings (SSSR count). The molecule has 4 nitrogen and oxygen atoms in total. The lowest BCUT2D eigenvalue weighted by molar-refractivity contribution is -0.132. The highest BCUT2D eigenvalue weighted by molar-refractivity contribution is 6.01. The number of amides is 1. The maximum absolute atomic E-state index is 11.5. The van der Waals surface area contributed by atoms with E-state index in [1.54, 1.807) is 24.9 Å². The molecule has 17 heavy (non-hydrogen) atoms. The first-order chi connectivity index (χ1) is 7.99. The van der Waals surface area contributed by atoms with Gasteiger partial charge in [0.1, 0.15) is 0 Å². The van der Waals surface area contributed by atoms with E-state index in [1.165, 1.54) is 0 Å². The van der Waals surface area contributed by atoms with Gasteiger partial charge in [-0.3, -0.25) is 4.79 Å². The number of fused-ring (bicyclic) bond motifs is 1. The van der Waals surface area contributed by atoms with Crippen LogP contribution in [0.15, 0.2) is 23.8 Å². The van der Waals surface area contributed by atoms with Gasteiger partial charge in [-0.25, -0.2) is 4.79 Å². The smallest absolute Gasteiger partial charge is 0.331 e. The SMILES string of the molecule is C/C(=C\c1ccc2c(c1)CC(=O)N2C)C(=O)O. The molecule has 0 bridgehead atoms. The van der Waals surface area contributed by atoms with Crippen LogP contribution in [0, 0.1) is 0 Å². The minimum absolute atomic E-state index is 0.0658. The van der Waals surface area contributed by atoms with Crippen LogP contribution >= 0.6 is 0 Å². The van der Waals surface area contributed by atoms with Gasteiger partial charge < -0.3 is 10.0 Å². The lowest BCUT2D eigenvalue weighted by Gasteiger charge is -2.09. The minimum atomic E-state index is -0.932. The second kappa shape index (κ2) is 4.05. The van der Waals surface area contributed by atoms with Gasteiger partial charge >= 0.3 is 5.97 Å². The van der Waals surface area contributed by atoms with Crippen LogP contribution in [0.2, 0.25) is 0 Å². The fraction of sp³-hybridized carbons (Fsp3) is 0.231. The van der Waals surface area contributed by atoms with Crippen LogP contribution in [0.1, 0.15) is 18.1 Å². The lowest BCUT2D eigenvalue weighted by Crippen LogP contribution is -2.20. The zero-order valence-corrected chi connectivity index (χ0v) is 9.73. The Morgan fingerprint density at radius 2 is 2.18 bits per heavy atom. The molecule has 1 N–H and O–H groups in total. The molecule has 88 valence electrons. The van der Waals surface area contributed by atoms with E-state index in [-0.39, 0.29) is 11.5 Å². The predicted octanol–water partition coefficient (Wildman–Crippen LogP) is 1.69. The van der Waals surface area contributed by atoms with Crippen molar-refractivity contribution in [3.05, 3.63) is 34.9 Å². The van der Waals surface area contributed by atoms with Gasteiger partial charge in [0.25, 0.3) is 0 Å². The number of likely N-dealkylation sites (N-methyl/N-ethyl adjacent to an activating group) is 1. The number of carbonyl (C=O) groups is 2. The van der Waals surface area contributed by atoms with E-state index < -0.39 is 5.97 Å². The molecule has 1 aliphatic heterocycles. The number of rotatable bonds is 2. The fourth-order valence-corrected chi connectivity index (χ4v) is 1.89. The van der Waals surface area contributed by atoms with Gasteiger partial charge in [0.15, 0.2) is 0 Å². The highest BCUT2D eigenvalue weighted by atomic mass is 16.4. The van der Waals surface area contributed by atoms with E-state index in [0.717, 1.165) is 16.8 Å². The second-order valence-electron chi connectivity index (χ2n) is 4.15. The number of nitrogens with zero attached hydrogens (tertiary/aromatic N) is 1. The molecule has 0 saturated heterocycles. The molecule has 4 heteroatoms. The van der Waals surface area contributed by atoms with Crippen LogP contribution in [0.5, 0.6) is 0 Å². The number of hydrogen-bond donors (Lipinski definition) is 1. The molecule has 0 fully saturated rings. The topological polar surface area (TPSA) is 57.6 Å². The van der Waals surface area contributed by atoms with Gasteiger partial charge in [0.2, 0.25) is 5.91 Å². The quantitative estimate of drug-likeness (QED) is 0.788. The van der Waals surface area contributed by atoms with Crippen molar-refractivity contribution in [2.24, 2.45) is 0 Å². The number of carboxylic acid groups (broad SMARTS) is 1. The molecule has 0 saturated carbocycles. The molecule has 1 aromatic carbocycles. The molecular weight excluding hydrogens is 218 g/mol. The standard InChI is InChI=1S/C13H13NO3/c1-8(13(16)17)5-9-3-4-11-10(6-9)7-12(15)14(11)2/h3-6H,7H2,1-2H3,(H,16,17)/b8-5+. The molecule has 0 aliphatic carbocycles. The zero-order chi connectivity index (χ0) is 12.6. The number of anilines is 1. The first-order valence-electron chi connectivity index (χ1n) is 5.30. The van der Waals surface area contributed by atoms with Crippen molar-refractivity contribution >= 4 is 23.6 Å². The van der Waals surface area contributed by atoms with Crippen LogP contribution in [-0.4, -0.2) is 24.0 Å². The van der Waals surface area contributed by atoms with Gasteiger partial charge in [0, 0.05) is 18.3 Å². The van der Waals surface area contributed by atoms with Crippen molar-refractivity contribution < 1.29 is 14.7 Å². The first kappa shape index (κ1) is 11.4. The summed E-state index contributed by atoms with van der Waals surface area (Å²) in [4.78, 5) is 23.8. The van der Waals surface area contributed by atoms with Crippen molar-refractivity contribution in [1.29, 1.82) is 0 Å². The van der Waals surface area contributed by atoms with Crippen LogP contribution in [0.3, 0.4) is 0 Å². The number of aliphatic carboxylic acids is 1. The Morgan fingerprint density at radius 3 is 2.82 bits per heavy atom. The Labute approximate surface area is 99.2 Å². The number of hydrogen-bond acceptors (Lipinski definition) is 2. The van der Waals surface area contributed by atoms with E-state index in [1.807, 2.05) is 18.2 Å². The summed E-state index contributed by atoms with van der Waals surface area (Å²) in [7, 11) is 1.74. The molecule has 1 aliphatic rings. The van der Waals surface area contributed by atoms with E-state index in [0.29, 0.717) is 6.42 Å². The Morgan fingerprint density at radius 1 is 1.47 bits per heavy atom. The van der Waals surface area contributed by atoms with E-state index >= 15 is 0 Å². The van der Waals surface area contributed by atoms with Crippen LogP contribution < -0.4 is 4.90 Å². The lowest BCUT2D eigenvalue weighted by atomic mass is 10.1. The third kappa shape index (κ3) is 2.06. The Balaban J connectivity index is 2.37. The third-order valence-electron chi connectivity index (χ3n) is 2.90. The van der Waals surface area contributed by atoms with E-state index in [9.17, 15) is 9.59 Å². The first-order valence-corrected chi connectivity index (χ1v) is 5.30. The summed E-state index contributed by atoms with van der Waals surface area (Å²) in [5, 5.41) is 8.79. The van der Waals surface area contributed by atoms with Gasteiger partial charge in [-0.15, -0.1) is 0 Å². The van der Waals surface area contributed by atoms with Gasteiger partial charge in [-0.2, -0.15) is 0 Å². The third-order valence-corrected chi connectivity index (χ3v) is 2.90. The molecule has 0 aromatic heterocycles. The van der Waals surface area contributed by atoms with Gasteiger partial charge in [-0.1, -0.05) is 6.07 Å². The van der Waals surface area contributed by atoms with Crippen molar-refractivity contribution in [3.8, 4) is 0 Å². The molecule has 0 unspecified atom stereocenters. The average molecular weight is 231 g/mol. The molecule has 1 aromatic rings. The normalized spacial score (nSPS) is 15.1. The molecule has 0 spiro atoms. The van der Waals surface area contributed by atoms with Crippen molar-refractivity contribution in [3.63, 3.8) is 0 Å². The van der Waals surface area contributed by atoms with Gasteiger partial charge in [0.05, 0.1) is 6.42 Å². The monoisotopic (exact) mass is 231 g/mol. The number of benzene rings is 1. The van der Waals surface area contributed by atoms with Crippen molar-refractivity contribution in [1.82, 2.24) is 0 Å². The minimum Gasteiger partial charge on any atom is -0.478 e. The largest absolute Gasteiger partial charge is 0.478 e. The highest BCUT2D eigenvalue weighted by Crippen LogP contribution is 2.28. The Kier molecular flexibility index (Phi) is 2.71. The molecule has 0 radical (unpaired) electrons. The van der Waals surface area contributed by atoms with Crippen LogP contribution in [0.25, 0.3) is 6.08 Å². The summed E-state index contributed by atoms with van der Waals surface area (Å²) in [5.74, 6) is -0.866. The van der Waals surface area contributed by atoms with Crippen LogP contribution in [-0.2, 0) is 16.0 Å². The molecule has 1 amide bonds. The predicted molar refractivity (Wildman–Crippen MR) is 64.8 cm³/mol. The maximum atomic E-state index is 11.5. The van der Waals surface area contributed by atoms with Crippen LogP contribution in [0.4, 0.5) is 5.69 Å². The Hall–Kier alpha value is -2.10. The maximum Gasteiger partial charge on any atom is 0.331 e. The Bertz CT molecular complexity index is 531. The van der Waals surface area contributed by atoms with Crippen molar-refractivity contribution in [2.75, 3.05) is 11.9 Å². The highest BCUT2D eigenvalue weighted by Gasteiger charge is 2.23. The summed E-state index contributed by atoms with van der Waals surface area (Å²) in [6.07, 6.45) is 1.99. The van der Waals surface area contributed by atoms with E-state index in [4.69, 9.17) is 5.11 Å². The summed E-state index contributed by atoms with van der Waals surface area (Å²) in [6.45, 7) is 1.55. The van der Waals surface area contributed by atoms with Gasteiger partial charge in [-0.05, 0) is 36.3 Å². The summed E-state index contributed by atoms with van der Waals surface area (Å²) in [5.41, 5.74) is 2.94. The second-order valence-corrected chi connectivity index (χ2v) is 4.15. The molecule has 1 heterocycles. The molecular formula is C13H13NO3. The summed E-state index contributed by atoms with van der Waals surface area (Å²) in [6, 6.07) is 5.53.